The quantitative estimate of drug-likeness (QED) is 0.399. The van der Waals surface area contributed by atoms with E-state index < -0.39 is 35.2 Å². The van der Waals surface area contributed by atoms with Gasteiger partial charge in [-0.2, -0.15) is 26.3 Å². The molecule has 2 aromatic carbocycles. The Hall–Kier alpha value is -2.85. The van der Waals surface area contributed by atoms with Crippen LogP contribution in [0, 0.1) is 0 Å². The molecule has 0 aliphatic carbocycles. The predicted octanol–water partition coefficient (Wildman–Crippen LogP) is 4.97. The highest BCUT2D eigenvalue weighted by atomic mass is 19.4. The molecule has 10 heteroatoms. The summed E-state index contributed by atoms with van der Waals surface area (Å²) in [6, 6.07) is 12.4. The van der Waals surface area contributed by atoms with Gasteiger partial charge in [0, 0.05) is 18.5 Å². The van der Waals surface area contributed by atoms with Gasteiger partial charge in [-0.1, -0.05) is 30.3 Å². The molecule has 0 spiro atoms. The van der Waals surface area contributed by atoms with E-state index in [1.165, 1.54) is 6.07 Å². The Morgan fingerprint density at radius 3 is 2.29 bits per heavy atom. The van der Waals surface area contributed by atoms with Gasteiger partial charge >= 0.3 is 12.4 Å². The van der Waals surface area contributed by atoms with E-state index in [0.29, 0.717) is 17.9 Å². The molecule has 0 bridgehead atoms. The molecule has 0 saturated heterocycles. The Labute approximate surface area is 173 Å². The maximum absolute atomic E-state index is 13.3. The zero-order valence-electron chi connectivity index (χ0n) is 16.0. The molecule has 0 aliphatic heterocycles. The summed E-state index contributed by atoms with van der Waals surface area (Å²) >= 11 is 0. The highest BCUT2D eigenvalue weighted by molar-refractivity contribution is 5.86. The first kappa shape index (κ1) is 22.8. The number of ether oxygens (including phenoxy) is 1. The van der Waals surface area contributed by atoms with Gasteiger partial charge in [-0.25, -0.2) is 4.98 Å². The number of benzene rings is 2. The van der Waals surface area contributed by atoms with Gasteiger partial charge in [0.25, 0.3) is 0 Å². The van der Waals surface area contributed by atoms with E-state index in [0.717, 1.165) is 6.07 Å². The van der Waals surface area contributed by atoms with Crippen molar-refractivity contribution in [2.45, 2.75) is 18.5 Å². The van der Waals surface area contributed by atoms with Crippen molar-refractivity contribution in [2.24, 2.45) is 0 Å². The van der Waals surface area contributed by atoms with Crippen molar-refractivity contribution >= 4 is 10.9 Å². The van der Waals surface area contributed by atoms with Crippen LogP contribution >= 0.6 is 0 Å². The number of aliphatic hydroxyl groups excluding tert-OH is 1. The van der Waals surface area contributed by atoms with Crippen LogP contribution in [0.4, 0.5) is 26.3 Å². The third-order valence-corrected chi connectivity index (χ3v) is 4.45. The molecule has 1 heterocycles. The zero-order valence-corrected chi connectivity index (χ0v) is 16.0. The van der Waals surface area contributed by atoms with Crippen molar-refractivity contribution in [3.63, 3.8) is 0 Å². The third-order valence-electron chi connectivity index (χ3n) is 4.45. The molecule has 2 N–H and O–H groups in total. The molecule has 0 radical (unpaired) electrons. The Balaban J connectivity index is 1.81. The number of fused-ring (bicyclic) bond motifs is 1. The Morgan fingerprint density at radius 1 is 0.935 bits per heavy atom. The fourth-order valence-corrected chi connectivity index (χ4v) is 3.03. The second-order valence-corrected chi connectivity index (χ2v) is 6.68. The van der Waals surface area contributed by atoms with E-state index in [-0.39, 0.29) is 30.6 Å². The summed E-state index contributed by atoms with van der Waals surface area (Å²) in [7, 11) is 0. The van der Waals surface area contributed by atoms with Crippen LogP contribution in [0.3, 0.4) is 0 Å². The number of aliphatic hydroxyl groups is 1. The first-order chi connectivity index (χ1) is 14.6. The van der Waals surface area contributed by atoms with Crippen LogP contribution in [0.1, 0.15) is 22.9 Å². The lowest BCUT2D eigenvalue weighted by Crippen LogP contribution is -2.26. The molecule has 0 saturated carbocycles. The van der Waals surface area contributed by atoms with E-state index in [1.54, 1.807) is 24.3 Å². The Bertz CT molecular complexity index is 1020. The largest absolute Gasteiger partial charge is 0.492 e. The highest BCUT2D eigenvalue weighted by Gasteiger charge is 2.37. The van der Waals surface area contributed by atoms with Crippen LogP contribution in [0.25, 0.3) is 10.9 Å². The second kappa shape index (κ2) is 9.11. The Kier molecular flexibility index (Phi) is 6.71. The predicted molar refractivity (Wildman–Crippen MR) is 102 cm³/mol. The first-order valence-electron chi connectivity index (χ1n) is 9.22. The van der Waals surface area contributed by atoms with Gasteiger partial charge in [0.2, 0.25) is 0 Å². The molecular formula is C21H18F6N2O2. The van der Waals surface area contributed by atoms with Gasteiger partial charge in [-0.05, 0) is 29.8 Å². The van der Waals surface area contributed by atoms with Crippen LogP contribution < -0.4 is 10.1 Å². The fraction of sp³-hybridized carbons (Fsp3) is 0.286. The summed E-state index contributed by atoms with van der Waals surface area (Å²) in [6.45, 7) is 0.291. The standard InChI is InChI=1S/C21H18F6N2O2/c22-20(23,24)16-8-4-7-14-15(11-18(21(25,26)27)29-19(14)16)17(30)12-28-9-10-31-13-5-2-1-3-6-13/h1-8,11,17,28,30H,9-10,12H2. The highest BCUT2D eigenvalue weighted by Crippen LogP contribution is 2.38. The van der Waals surface area contributed by atoms with E-state index >= 15 is 0 Å². The number of nitrogens with zero attached hydrogens (tertiary/aromatic N) is 1. The number of aromatic nitrogens is 1. The monoisotopic (exact) mass is 444 g/mol. The van der Waals surface area contributed by atoms with Gasteiger partial charge in [0.05, 0.1) is 17.2 Å². The SMILES string of the molecule is OC(CNCCOc1ccccc1)c1cc(C(F)(F)F)nc2c(C(F)(F)F)cccc12. The van der Waals surface area contributed by atoms with Crippen molar-refractivity contribution in [1.29, 1.82) is 0 Å². The first-order valence-corrected chi connectivity index (χ1v) is 9.22. The number of alkyl halides is 6. The van der Waals surface area contributed by atoms with E-state index in [4.69, 9.17) is 4.74 Å². The molecule has 4 nitrogen and oxygen atoms in total. The molecular weight excluding hydrogens is 426 g/mol. The molecule has 0 amide bonds. The van der Waals surface area contributed by atoms with Crippen LogP contribution in [0.5, 0.6) is 5.75 Å². The molecule has 1 aromatic heterocycles. The summed E-state index contributed by atoms with van der Waals surface area (Å²) in [5.74, 6) is 0.625. The molecule has 1 unspecified atom stereocenters. The average Bonchev–Trinajstić information content (AvgIpc) is 2.71. The maximum Gasteiger partial charge on any atom is 0.433 e. The van der Waals surface area contributed by atoms with Crippen LogP contribution in [-0.4, -0.2) is 29.8 Å². The number of pyridine rings is 1. The van der Waals surface area contributed by atoms with Gasteiger partial charge < -0.3 is 15.2 Å². The lowest BCUT2D eigenvalue weighted by Gasteiger charge is -2.19. The fourth-order valence-electron chi connectivity index (χ4n) is 3.03. The van der Waals surface area contributed by atoms with Gasteiger partial charge in [-0.15, -0.1) is 0 Å². The van der Waals surface area contributed by atoms with Crippen molar-refractivity contribution in [3.8, 4) is 5.75 Å². The zero-order chi connectivity index (χ0) is 22.6. The van der Waals surface area contributed by atoms with Gasteiger partial charge in [-0.3, -0.25) is 0 Å². The maximum atomic E-state index is 13.3. The van der Waals surface area contributed by atoms with Crippen molar-refractivity contribution in [3.05, 3.63) is 71.4 Å². The van der Waals surface area contributed by atoms with Crippen molar-refractivity contribution in [2.75, 3.05) is 19.7 Å². The number of halogens is 6. The molecule has 31 heavy (non-hydrogen) atoms. The lowest BCUT2D eigenvalue weighted by atomic mass is 9.99. The minimum absolute atomic E-state index is 0.190. The lowest BCUT2D eigenvalue weighted by molar-refractivity contribution is -0.142. The van der Waals surface area contributed by atoms with Crippen LogP contribution in [-0.2, 0) is 12.4 Å². The van der Waals surface area contributed by atoms with Crippen molar-refractivity contribution in [1.82, 2.24) is 10.3 Å². The number of para-hydroxylation sites is 2. The number of hydrogen-bond acceptors (Lipinski definition) is 4. The summed E-state index contributed by atoms with van der Waals surface area (Å²) in [4.78, 5) is 3.20. The summed E-state index contributed by atoms with van der Waals surface area (Å²) in [6.07, 6.45) is -11.4. The van der Waals surface area contributed by atoms with E-state index in [2.05, 4.69) is 10.3 Å². The summed E-state index contributed by atoms with van der Waals surface area (Å²) in [5.41, 5.74) is -3.95. The van der Waals surface area contributed by atoms with Gasteiger partial charge in [0.15, 0.2) is 0 Å². The third kappa shape index (κ3) is 5.65. The number of nitrogens with one attached hydrogen (secondary N) is 1. The number of hydrogen-bond donors (Lipinski definition) is 2. The topological polar surface area (TPSA) is 54.4 Å². The minimum atomic E-state index is -4.97. The van der Waals surface area contributed by atoms with Crippen LogP contribution in [0.2, 0.25) is 0 Å². The van der Waals surface area contributed by atoms with E-state index in [9.17, 15) is 31.4 Å². The Morgan fingerprint density at radius 2 is 1.65 bits per heavy atom. The molecule has 0 aliphatic rings. The normalized spacial score (nSPS) is 13.4. The second-order valence-electron chi connectivity index (χ2n) is 6.68. The minimum Gasteiger partial charge on any atom is -0.492 e. The molecule has 3 rings (SSSR count). The molecule has 1 atom stereocenters. The molecule has 3 aromatic rings. The molecule has 166 valence electrons. The van der Waals surface area contributed by atoms with Gasteiger partial charge in [0.1, 0.15) is 18.1 Å². The summed E-state index contributed by atoms with van der Waals surface area (Å²) in [5, 5.41) is 13.1. The van der Waals surface area contributed by atoms with Crippen molar-refractivity contribution < 1.29 is 36.2 Å². The number of rotatable bonds is 7. The smallest absolute Gasteiger partial charge is 0.433 e. The van der Waals surface area contributed by atoms with E-state index in [1.807, 2.05) is 6.07 Å². The summed E-state index contributed by atoms with van der Waals surface area (Å²) < 4.78 is 85.1. The molecule has 0 fully saturated rings. The van der Waals surface area contributed by atoms with Crippen LogP contribution in [0.15, 0.2) is 54.6 Å². The average molecular weight is 444 g/mol.